The first-order valence-corrected chi connectivity index (χ1v) is 7.45. The highest BCUT2D eigenvalue weighted by atomic mass is 16.4. The maximum atomic E-state index is 10.0. The third kappa shape index (κ3) is 4.00. The molecule has 1 fully saturated rings. The van der Waals surface area contributed by atoms with Crippen LogP contribution < -0.4 is 5.32 Å². The number of aliphatic hydroxyl groups is 1. The van der Waals surface area contributed by atoms with Crippen LogP contribution in [0.1, 0.15) is 38.6 Å². The molecular weight excluding hydrogens is 254 g/mol. The van der Waals surface area contributed by atoms with Crippen LogP contribution in [0.5, 0.6) is 0 Å². The molecule has 112 valence electrons. The molecule has 0 aliphatic carbocycles. The van der Waals surface area contributed by atoms with Crippen molar-refractivity contribution in [3.63, 3.8) is 0 Å². The van der Waals surface area contributed by atoms with Crippen LogP contribution >= 0.6 is 0 Å². The fourth-order valence-electron chi connectivity index (χ4n) is 2.39. The second kappa shape index (κ2) is 7.33. The molecule has 0 amide bonds. The normalized spacial score (nSPS) is 19.1. The number of piperidine rings is 1. The lowest BCUT2D eigenvalue weighted by molar-refractivity contribution is 0.157. The molecule has 5 heteroatoms. The fourth-order valence-corrected chi connectivity index (χ4v) is 2.39. The molecule has 2 rings (SSSR count). The maximum Gasteiger partial charge on any atom is 0.194 e. The zero-order valence-electron chi connectivity index (χ0n) is 12.4. The second-order valence-electron chi connectivity index (χ2n) is 5.40. The summed E-state index contributed by atoms with van der Waals surface area (Å²) < 4.78 is 5.19. The number of likely N-dealkylation sites (tertiary alicyclic amines) is 1. The van der Waals surface area contributed by atoms with E-state index in [1.807, 2.05) is 0 Å². The van der Waals surface area contributed by atoms with E-state index in [2.05, 4.69) is 29.1 Å². The zero-order valence-corrected chi connectivity index (χ0v) is 12.4. The molecular formula is C15H25N3O2. The van der Waals surface area contributed by atoms with Crippen LogP contribution in [0.2, 0.25) is 0 Å². The highest BCUT2D eigenvalue weighted by Gasteiger charge is 2.19. The van der Waals surface area contributed by atoms with E-state index in [9.17, 15) is 5.11 Å². The number of nitrogens with one attached hydrogen (secondary N) is 1. The van der Waals surface area contributed by atoms with Gasteiger partial charge in [0.2, 0.25) is 0 Å². The van der Waals surface area contributed by atoms with Crippen molar-refractivity contribution >= 4 is 5.96 Å². The monoisotopic (exact) mass is 279 g/mol. The third-order valence-electron chi connectivity index (χ3n) is 3.70. The summed E-state index contributed by atoms with van der Waals surface area (Å²) in [6.07, 6.45) is 3.29. The minimum Gasteiger partial charge on any atom is -0.467 e. The van der Waals surface area contributed by atoms with Gasteiger partial charge in [-0.25, -0.2) is 4.99 Å². The van der Waals surface area contributed by atoms with Gasteiger partial charge in [0.05, 0.1) is 12.8 Å². The Bertz CT molecular complexity index is 409. The summed E-state index contributed by atoms with van der Waals surface area (Å²) in [6, 6.07) is 3.55. The van der Waals surface area contributed by atoms with Crippen molar-refractivity contribution in [2.24, 2.45) is 10.9 Å². The quantitative estimate of drug-likeness (QED) is 0.654. The van der Waals surface area contributed by atoms with Crippen molar-refractivity contribution in [2.45, 2.75) is 32.8 Å². The number of aliphatic imine (C=N–C) groups is 1. The van der Waals surface area contributed by atoms with E-state index in [1.54, 1.807) is 18.4 Å². The first kappa shape index (κ1) is 14.9. The number of guanidine groups is 1. The van der Waals surface area contributed by atoms with Gasteiger partial charge in [0, 0.05) is 19.6 Å². The van der Waals surface area contributed by atoms with E-state index in [0.29, 0.717) is 12.3 Å². The molecule has 20 heavy (non-hydrogen) atoms. The van der Waals surface area contributed by atoms with Crippen molar-refractivity contribution in [1.82, 2.24) is 10.2 Å². The Morgan fingerprint density at radius 3 is 2.90 bits per heavy atom. The molecule has 1 aliphatic heterocycles. The van der Waals surface area contributed by atoms with Gasteiger partial charge in [0.1, 0.15) is 11.9 Å². The molecule has 0 radical (unpaired) electrons. The van der Waals surface area contributed by atoms with Crippen LogP contribution in [0, 0.1) is 5.92 Å². The minimum absolute atomic E-state index is 0.321. The van der Waals surface area contributed by atoms with Gasteiger partial charge in [-0.05, 0) is 37.8 Å². The highest BCUT2D eigenvalue weighted by Crippen LogP contribution is 2.17. The Morgan fingerprint density at radius 1 is 1.55 bits per heavy atom. The number of hydrogen-bond acceptors (Lipinski definition) is 3. The van der Waals surface area contributed by atoms with E-state index < -0.39 is 6.10 Å². The van der Waals surface area contributed by atoms with Gasteiger partial charge in [-0.1, -0.05) is 6.92 Å². The third-order valence-corrected chi connectivity index (χ3v) is 3.70. The molecule has 1 aromatic heterocycles. The zero-order chi connectivity index (χ0) is 14.4. The Balaban J connectivity index is 1.95. The van der Waals surface area contributed by atoms with Crippen LogP contribution in [0.15, 0.2) is 27.8 Å². The van der Waals surface area contributed by atoms with Gasteiger partial charge in [-0.15, -0.1) is 0 Å². The second-order valence-corrected chi connectivity index (χ2v) is 5.40. The number of hydrogen-bond donors (Lipinski definition) is 2. The summed E-state index contributed by atoms with van der Waals surface area (Å²) in [5.74, 6) is 2.25. The first-order valence-electron chi connectivity index (χ1n) is 7.45. The lowest BCUT2D eigenvalue weighted by atomic mass is 10.00. The van der Waals surface area contributed by atoms with Crippen molar-refractivity contribution in [3.05, 3.63) is 24.2 Å². The van der Waals surface area contributed by atoms with Crippen LogP contribution in [0.4, 0.5) is 0 Å². The van der Waals surface area contributed by atoms with Gasteiger partial charge in [0.15, 0.2) is 5.96 Å². The Morgan fingerprint density at radius 2 is 2.30 bits per heavy atom. The number of aliphatic hydroxyl groups excluding tert-OH is 1. The van der Waals surface area contributed by atoms with Crippen LogP contribution in [-0.4, -0.2) is 42.1 Å². The molecule has 1 saturated heterocycles. The molecule has 2 N–H and O–H groups in total. The standard InChI is InChI=1S/C15H25N3O2/c1-3-16-15(18-8-6-12(2)7-9-18)17-11-13(19)14-5-4-10-20-14/h4-5,10,12-13,19H,3,6-9,11H2,1-2H3,(H,16,17). The largest absolute Gasteiger partial charge is 0.467 e. The Hall–Kier alpha value is -1.49. The maximum absolute atomic E-state index is 10.0. The van der Waals surface area contributed by atoms with E-state index in [1.165, 1.54) is 12.8 Å². The van der Waals surface area contributed by atoms with Gasteiger partial charge >= 0.3 is 0 Å². The van der Waals surface area contributed by atoms with Crippen LogP contribution in [-0.2, 0) is 0 Å². The lowest BCUT2D eigenvalue weighted by Gasteiger charge is -2.33. The van der Waals surface area contributed by atoms with Gasteiger partial charge in [-0.2, -0.15) is 0 Å². The van der Waals surface area contributed by atoms with Gasteiger partial charge in [0.25, 0.3) is 0 Å². The molecule has 1 atom stereocenters. The van der Waals surface area contributed by atoms with E-state index in [-0.39, 0.29) is 0 Å². The van der Waals surface area contributed by atoms with E-state index in [4.69, 9.17) is 4.42 Å². The molecule has 0 spiro atoms. The molecule has 5 nitrogen and oxygen atoms in total. The summed E-state index contributed by atoms with van der Waals surface area (Å²) in [5.41, 5.74) is 0. The van der Waals surface area contributed by atoms with E-state index >= 15 is 0 Å². The predicted octanol–water partition coefficient (Wildman–Crippen LogP) is 2.01. The topological polar surface area (TPSA) is 61.0 Å². The SMILES string of the molecule is CCNC(=NCC(O)c1ccco1)N1CCC(C)CC1. The molecule has 2 heterocycles. The Labute approximate surface area is 120 Å². The summed E-state index contributed by atoms with van der Waals surface area (Å²) in [7, 11) is 0. The van der Waals surface area contributed by atoms with Crippen molar-refractivity contribution in [2.75, 3.05) is 26.2 Å². The van der Waals surface area contributed by atoms with Crippen molar-refractivity contribution in [3.8, 4) is 0 Å². The average molecular weight is 279 g/mol. The lowest BCUT2D eigenvalue weighted by Crippen LogP contribution is -2.45. The molecule has 1 aliphatic rings. The molecule has 1 aromatic rings. The summed E-state index contributed by atoms with van der Waals surface area (Å²) in [4.78, 5) is 6.82. The van der Waals surface area contributed by atoms with Crippen molar-refractivity contribution in [1.29, 1.82) is 0 Å². The number of nitrogens with zero attached hydrogens (tertiary/aromatic N) is 2. The summed E-state index contributed by atoms with van der Waals surface area (Å²) in [5, 5.41) is 13.3. The molecule has 0 bridgehead atoms. The summed E-state index contributed by atoms with van der Waals surface area (Å²) >= 11 is 0. The average Bonchev–Trinajstić information content (AvgIpc) is 2.98. The fraction of sp³-hybridized carbons (Fsp3) is 0.667. The van der Waals surface area contributed by atoms with Gasteiger partial charge in [-0.3, -0.25) is 0 Å². The number of rotatable bonds is 4. The Kier molecular flexibility index (Phi) is 5.47. The molecule has 1 unspecified atom stereocenters. The number of furan rings is 1. The van der Waals surface area contributed by atoms with Crippen molar-refractivity contribution < 1.29 is 9.52 Å². The van der Waals surface area contributed by atoms with Gasteiger partial charge < -0.3 is 19.7 Å². The summed E-state index contributed by atoms with van der Waals surface area (Å²) in [6.45, 7) is 7.57. The molecule has 0 aromatic carbocycles. The van der Waals surface area contributed by atoms with E-state index in [0.717, 1.165) is 31.5 Å². The minimum atomic E-state index is -0.678. The van der Waals surface area contributed by atoms with Crippen LogP contribution in [0.25, 0.3) is 0 Å². The highest BCUT2D eigenvalue weighted by molar-refractivity contribution is 5.80. The first-order chi connectivity index (χ1) is 9.70. The smallest absolute Gasteiger partial charge is 0.194 e. The molecule has 0 saturated carbocycles. The predicted molar refractivity (Wildman–Crippen MR) is 79.6 cm³/mol. The van der Waals surface area contributed by atoms with Crippen LogP contribution in [0.3, 0.4) is 0 Å².